The molecule has 7 heteroatoms. The van der Waals surface area contributed by atoms with Crippen LogP contribution >= 0.6 is 0 Å². The number of hydrogen-bond donors (Lipinski definition) is 0. The Morgan fingerprint density at radius 2 is 2.09 bits per heavy atom. The van der Waals surface area contributed by atoms with Gasteiger partial charge in [0.2, 0.25) is 0 Å². The van der Waals surface area contributed by atoms with Crippen molar-refractivity contribution >= 4 is 0 Å². The summed E-state index contributed by atoms with van der Waals surface area (Å²) in [5.74, 6) is 1.34. The minimum Gasteiger partial charge on any atom is -0.381 e. The molecule has 4 rings (SSSR count). The first-order chi connectivity index (χ1) is 11.4. The van der Waals surface area contributed by atoms with Gasteiger partial charge in [0, 0.05) is 31.5 Å². The largest absolute Gasteiger partial charge is 0.381 e. The third-order valence-corrected chi connectivity index (χ3v) is 4.16. The second-order valence-corrected chi connectivity index (χ2v) is 5.70. The Morgan fingerprint density at radius 3 is 2.91 bits per heavy atom. The molecule has 0 atom stereocenters. The van der Waals surface area contributed by atoms with Gasteiger partial charge in [-0.2, -0.15) is 5.10 Å². The van der Waals surface area contributed by atoms with E-state index in [1.54, 1.807) is 6.20 Å². The first kappa shape index (κ1) is 14.1. The summed E-state index contributed by atoms with van der Waals surface area (Å²) in [5.41, 5.74) is 2.19. The van der Waals surface area contributed by atoms with Gasteiger partial charge in [-0.3, -0.25) is 0 Å². The van der Waals surface area contributed by atoms with Crippen molar-refractivity contribution in [2.75, 3.05) is 13.2 Å². The lowest BCUT2D eigenvalue weighted by atomic mass is 9.99. The summed E-state index contributed by atoms with van der Waals surface area (Å²) in [4.78, 5) is 0. The highest BCUT2D eigenvalue weighted by molar-refractivity contribution is 5.35. The van der Waals surface area contributed by atoms with E-state index in [0.29, 0.717) is 12.5 Å². The van der Waals surface area contributed by atoms with Crippen molar-refractivity contribution < 1.29 is 4.74 Å². The molecule has 0 bridgehead atoms. The standard InChI is InChI=1S/C16H18N6O/c1-3-13(11-15(4-1)21-8-2-7-17-21)12-22-16(18-19-20-22)14-5-9-23-10-6-14/h1-4,7-8,11,14H,5-6,9-10,12H2. The molecule has 0 N–H and O–H groups in total. The van der Waals surface area contributed by atoms with Crippen molar-refractivity contribution in [2.24, 2.45) is 0 Å². The van der Waals surface area contributed by atoms with Gasteiger partial charge in [-0.15, -0.1) is 5.10 Å². The summed E-state index contributed by atoms with van der Waals surface area (Å²) in [7, 11) is 0. The van der Waals surface area contributed by atoms with E-state index < -0.39 is 0 Å². The van der Waals surface area contributed by atoms with Crippen LogP contribution in [0.5, 0.6) is 0 Å². The highest BCUT2D eigenvalue weighted by Crippen LogP contribution is 2.25. The normalized spacial score (nSPS) is 15.8. The highest BCUT2D eigenvalue weighted by Gasteiger charge is 2.22. The Morgan fingerprint density at radius 1 is 1.17 bits per heavy atom. The van der Waals surface area contributed by atoms with Gasteiger partial charge in [0.25, 0.3) is 0 Å². The SMILES string of the molecule is c1cc(Cn2nnnc2C2CCOCC2)cc(-n2cccn2)c1. The monoisotopic (exact) mass is 310 g/mol. The lowest BCUT2D eigenvalue weighted by Crippen LogP contribution is -2.19. The lowest BCUT2D eigenvalue weighted by Gasteiger charge is -2.21. The van der Waals surface area contributed by atoms with Crippen LogP contribution in [0.3, 0.4) is 0 Å². The van der Waals surface area contributed by atoms with Gasteiger partial charge in [-0.1, -0.05) is 12.1 Å². The van der Waals surface area contributed by atoms with Crippen molar-refractivity contribution in [2.45, 2.75) is 25.3 Å². The molecule has 0 spiro atoms. The van der Waals surface area contributed by atoms with Crippen LogP contribution in [-0.4, -0.2) is 43.2 Å². The van der Waals surface area contributed by atoms with Crippen molar-refractivity contribution in [3.63, 3.8) is 0 Å². The van der Waals surface area contributed by atoms with E-state index in [0.717, 1.165) is 43.1 Å². The quantitative estimate of drug-likeness (QED) is 0.735. The van der Waals surface area contributed by atoms with E-state index in [1.807, 2.05) is 33.8 Å². The maximum atomic E-state index is 5.43. The molecule has 0 radical (unpaired) electrons. The Kier molecular flexibility index (Phi) is 3.85. The van der Waals surface area contributed by atoms with Crippen LogP contribution in [0.15, 0.2) is 42.7 Å². The van der Waals surface area contributed by atoms with Gasteiger partial charge in [-0.25, -0.2) is 9.36 Å². The molecule has 3 heterocycles. The van der Waals surface area contributed by atoms with E-state index in [-0.39, 0.29) is 0 Å². The van der Waals surface area contributed by atoms with Crippen molar-refractivity contribution in [1.29, 1.82) is 0 Å². The Labute approximate surface area is 133 Å². The molecule has 1 saturated heterocycles. The number of nitrogens with zero attached hydrogens (tertiary/aromatic N) is 6. The van der Waals surface area contributed by atoms with Gasteiger partial charge in [0.15, 0.2) is 5.82 Å². The Balaban J connectivity index is 1.57. The fourth-order valence-electron chi connectivity index (χ4n) is 2.96. The van der Waals surface area contributed by atoms with Crippen molar-refractivity contribution in [3.05, 3.63) is 54.1 Å². The van der Waals surface area contributed by atoms with Crippen molar-refractivity contribution in [3.8, 4) is 5.69 Å². The second kappa shape index (κ2) is 6.29. The fourth-order valence-corrected chi connectivity index (χ4v) is 2.96. The molecule has 2 aromatic heterocycles. The van der Waals surface area contributed by atoms with Crippen molar-refractivity contribution in [1.82, 2.24) is 30.0 Å². The summed E-state index contributed by atoms with van der Waals surface area (Å²) in [6, 6.07) is 10.2. The van der Waals surface area contributed by atoms with Crippen LogP contribution in [0.25, 0.3) is 5.69 Å². The zero-order chi connectivity index (χ0) is 15.5. The maximum absolute atomic E-state index is 5.43. The van der Waals surface area contributed by atoms with E-state index in [1.165, 1.54) is 0 Å². The number of hydrogen-bond acceptors (Lipinski definition) is 5. The first-order valence-electron chi connectivity index (χ1n) is 7.83. The molecular weight excluding hydrogens is 292 g/mol. The topological polar surface area (TPSA) is 70.7 Å². The average Bonchev–Trinajstić information content (AvgIpc) is 3.28. The summed E-state index contributed by atoms with van der Waals surface area (Å²) < 4.78 is 9.18. The zero-order valence-electron chi connectivity index (χ0n) is 12.7. The first-order valence-corrected chi connectivity index (χ1v) is 7.83. The van der Waals surface area contributed by atoms with Gasteiger partial charge in [0.05, 0.1) is 12.2 Å². The second-order valence-electron chi connectivity index (χ2n) is 5.70. The highest BCUT2D eigenvalue weighted by atomic mass is 16.5. The van der Waals surface area contributed by atoms with Gasteiger partial charge >= 0.3 is 0 Å². The van der Waals surface area contributed by atoms with E-state index in [2.05, 4.69) is 32.8 Å². The van der Waals surface area contributed by atoms with Crippen LogP contribution in [-0.2, 0) is 11.3 Å². The average molecular weight is 310 g/mol. The molecule has 0 saturated carbocycles. The third-order valence-electron chi connectivity index (χ3n) is 4.16. The minimum absolute atomic E-state index is 0.382. The molecular formula is C16H18N6O. The Bertz CT molecular complexity index is 760. The number of ether oxygens (including phenoxy) is 1. The molecule has 1 fully saturated rings. The van der Waals surface area contributed by atoms with Crippen LogP contribution < -0.4 is 0 Å². The van der Waals surface area contributed by atoms with E-state index in [4.69, 9.17) is 4.74 Å². The molecule has 7 nitrogen and oxygen atoms in total. The summed E-state index contributed by atoms with van der Waals surface area (Å²) >= 11 is 0. The van der Waals surface area contributed by atoms with E-state index in [9.17, 15) is 0 Å². The summed E-state index contributed by atoms with van der Waals surface area (Å²) in [6.45, 7) is 2.23. The molecule has 1 aliphatic heterocycles. The predicted octanol–water partition coefficient (Wildman–Crippen LogP) is 1.80. The number of aromatic nitrogens is 6. The zero-order valence-corrected chi connectivity index (χ0v) is 12.7. The van der Waals surface area contributed by atoms with Crippen LogP contribution in [0, 0.1) is 0 Å². The molecule has 0 aliphatic carbocycles. The molecule has 1 aliphatic rings. The number of rotatable bonds is 4. The third kappa shape index (κ3) is 3.00. The van der Waals surface area contributed by atoms with Gasteiger partial charge in [0.1, 0.15) is 0 Å². The molecule has 1 aromatic carbocycles. The molecule has 23 heavy (non-hydrogen) atoms. The van der Waals surface area contributed by atoms with Gasteiger partial charge < -0.3 is 4.74 Å². The van der Waals surface area contributed by atoms with Crippen LogP contribution in [0.1, 0.15) is 30.1 Å². The predicted molar refractivity (Wildman–Crippen MR) is 83.3 cm³/mol. The van der Waals surface area contributed by atoms with Crippen LogP contribution in [0.2, 0.25) is 0 Å². The molecule has 0 amide bonds. The lowest BCUT2D eigenvalue weighted by molar-refractivity contribution is 0.0826. The smallest absolute Gasteiger partial charge is 0.154 e. The van der Waals surface area contributed by atoms with Crippen LogP contribution in [0.4, 0.5) is 0 Å². The summed E-state index contributed by atoms with van der Waals surface area (Å²) in [5, 5.41) is 16.6. The number of tetrazole rings is 1. The minimum atomic E-state index is 0.382. The number of benzene rings is 1. The van der Waals surface area contributed by atoms with Gasteiger partial charge in [-0.05, 0) is 47.0 Å². The molecule has 0 unspecified atom stereocenters. The molecule has 118 valence electrons. The maximum Gasteiger partial charge on any atom is 0.154 e. The Hall–Kier alpha value is -2.54. The fraction of sp³-hybridized carbons (Fsp3) is 0.375. The summed E-state index contributed by atoms with van der Waals surface area (Å²) in [6.07, 6.45) is 5.67. The molecule has 3 aromatic rings. The van der Waals surface area contributed by atoms with E-state index >= 15 is 0 Å².